The molecular formula is C23H35F2N3O3. The van der Waals surface area contributed by atoms with Crippen LogP contribution in [-0.2, 0) is 9.53 Å². The van der Waals surface area contributed by atoms with Crippen molar-refractivity contribution in [2.24, 2.45) is 4.99 Å². The molecule has 0 saturated carbocycles. The fourth-order valence-electron chi connectivity index (χ4n) is 3.03. The third kappa shape index (κ3) is 8.55. The van der Waals surface area contributed by atoms with Gasteiger partial charge in [0.25, 0.3) is 12.9 Å². The zero-order valence-electron chi connectivity index (χ0n) is 19.2. The number of unbranched alkanes of at least 4 members (excludes halogenated alkanes) is 2. The van der Waals surface area contributed by atoms with E-state index in [2.05, 4.69) is 22.0 Å². The van der Waals surface area contributed by atoms with Gasteiger partial charge in [-0.1, -0.05) is 19.8 Å². The zero-order chi connectivity index (χ0) is 23.2. The number of anilines is 1. The van der Waals surface area contributed by atoms with Crippen LogP contribution in [0.1, 0.15) is 52.5 Å². The van der Waals surface area contributed by atoms with Crippen molar-refractivity contribution in [2.75, 3.05) is 32.1 Å². The van der Waals surface area contributed by atoms with Crippen molar-refractivity contribution >= 4 is 17.9 Å². The lowest BCUT2D eigenvalue weighted by Gasteiger charge is -2.28. The van der Waals surface area contributed by atoms with Crippen LogP contribution in [0, 0.1) is 0 Å². The maximum atomic E-state index is 13.5. The second-order valence-corrected chi connectivity index (χ2v) is 7.08. The van der Waals surface area contributed by atoms with Gasteiger partial charge in [-0.2, -0.15) is 0 Å². The van der Waals surface area contributed by atoms with E-state index >= 15 is 0 Å². The first-order chi connectivity index (χ1) is 14.9. The van der Waals surface area contributed by atoms with E-state index in [1.165, 1.54) is 11.9 Å². The van der Waals surface area contributed by atoms with Gasteiger partial charge in [-0.25, -0.2) is 13.8 Å². The number of allylic oxidation sites excluding steroid dienone is 1. The highest BCUT2D eigenvalue weighted by molar-refractivity contribution is 6.02. The Balaban J connectivity index is 3.18. The van der Waals surface area contributed by atoms with Gasteiger partial charge < -0.3 is 19.7 Å². The van der Waals surface area contributed by atoms with E-state index in [-0.39, 0.29) is 6.47 Å². The molecule has 8 heteroatoms. The maximum absolute atomic E-state index is 13.5. The molecule has 0 aliphatic carbocycles. The van der Waals surface area contributed by atoms with Crippen LogP contribution in [-0.4, -0.2) is 56.4 Å². The number of carbonyl (C=O) groups excluding carboxylic acids is 1. The van der Waals surface area contributed by atoms with Gasteiger partial charge in [-0.3, -0.25) is 4.79 Å². The number of ether oxygens (including phenoxy) is 2. The third-order valence-electron chi connectivity index (χ3n) is 4.78. The third-order valence-corrected chi connectivity index (χ3v) is 4.78. The highest BCUT2D eigenvalue weighted by Gasteiger charge is 2.27. The second-order valence-electron chi connectivity index (χ2n) is 7.08. The summed E-state index contributed by atoms with van der Waals surface area (Å²) in [6.45, 7) is 8.82. The van der Waals surface area contributed by atoms with E-state index in [4.69, 9.17) is 4.74 Å². The van der Waals surface area contributed by atoms with Crippen LogP contribution in [0.4, 0.5) is 14.5 Å². The van der Waals surface area contributed by atoms with Gasteiger partial charge in [-0.15, -0.1) is 0 Å². The van der Waals surface area contributed by atoms with Gasteiger partial charge in [0.2, 0.25) is 0 Å². The Morgan fingerprint density at radius 1 is 1.29 bits per heavy atom. The molecule has 1 atom stereocenters. The van der Waals surface area contributed by atoms with Crippen LogP contribution in [0.25, 0.3) is 0 Å². The summed E-state index contributed by atoms with van der Waals surface area (Å²) in [7, 11) is 1.51. The fraction of sp³-hybridized carbons (Fsp3) is 0.565. The standard InChI is InChI=1S/C23H35F2N3O3/c1-6-9-10-13-31-21-14-18(26-8-3)11-12-19(21)17(4)27-22(7-2)28(5)20(23(24)25)15-30-16-29/h7,11-12,14,16,20,23,26H,6,8-10,13,15H2,1-5H3/b22-7+,27-17?. The Kier molecular flexibility index (Phi) is 12.2. The molecule has 0 spiro atoms. The van der Waals surface area contributed by atoms with Gasteiger partial charge in [0.15, 0.2) is 0 Å². The number of hydrogen-bond acceptors (Lipinski definition) is 6. The number of carbonyl (C=O) groups is 1. The first kappa shape index (κ1) is 26.4. The smallest absolute Gasteiger partial charge is 0.293 e. The average molecular weight is 440 g/mol. The summed E-state index contributed by atoms with van der Waals surface area (Å²) in [5, 5.41) is 3.27. The van der Waals surface area contributed by atoms with Gasteiger partial charge in [0.05, 0.1) is 12.3 Å². The Morgan fingerprint density at radius 3 is 2.61 bits per heavy atom. The molecule has 0 fully saturated rings. The van der Waals surface area contributed by atoms with Crippen molar-refractivity contribution in [3.8, 4) is 5.75 Å². The predicted molar refractivity (Wildman–Crippen MR) is 121 cm³/mol. The quantitative estimate of drug-likeness (QED) is 0.234. The summed E-state index contributed by atoms with van der Waals surface area (Å²) >= 11 is 0. The van der Waals surface area contributed by atoms with Gasteiger partial charge in [-0.05, 0) is 45.4 Å². The van der Waals surface area contributed by atoms with Crippen LogP contribution in [0.2, 0.25) is 0 Å². The number of likely N-dealkylation sites (N-methyl/N-ethyl adjacent to an activating group) is 1. The van der Waals surface area contributed by atoms with Crippen molar-refractivity contribution in [3.05, 3.63) is 35.7 Å². The van der Waals surface area contributed by atoms with E-state index in [0.717, 1.165) is 37.1 Å². The molecule has 1 N–H and O–H groups in total. The second kappa shape index (κ2) is 14.4. The van der Waals surface area contributed by atoms with Crippen molar-refractivity contribution in [1.82, 2.24) is 4.90 Å². The van der Waals surface area contributed by atoms with E-state index in [0.29, 0.717) is 23.9 Å². The molecule has 1 aromatic rings. The molecule has 0 radical (unpaired) electrons. The number of nitrogens with zero attached hydrogens (tertiary/aromatic N) is 2. The minimum Gasteiger partial charge on any atom is -0.493 e. The van der Waals surface area contributed by atoms with Gasteiger partial charge in [0, 0.05) is 30.9 Å². The van der Waals surface area contributed by atoms with Crippen LogP contribution >= 0.6 is 0 Å². The molecule has 0 amide bonds. The molecule has 1 aromatic carbocycles. The minimum absolute atomic E-state index is 0.168. The first-order valence-electron chi connectivity index (χ1n) is 10.7. The summed E-state index contributed by atoms with van der Waals surface area (Å²) in [6, 6.07) is 4.49. The molecule has 0 aliphatic rings. The molecule has 0 heterocycles. The van der Waals surface area contributed by atoms with Crippen molar-refractivity contribution in [3.63, 3.8) is 0 Å². The van der Waals surface area contributed by atoms with Crippen LogP contribution in [0.5, 0.6) is 5.75 Å². The van der Waals surface area contributed by atoms with Gasteiger partial charge in [0.1, 0.15) is 24.2 Å². The van der Waals surface area contributed by atoms with Crippen LogP contribution < -0.4 is 10.1 Å². The molecule has 0 aromatic heterocycles. The van der Waals surface area contributed by atoms with Crippen molar-refractivity contribution < 1.29 is 23.0 Å². The number of aliphatic imine (C=N–C) groups is 1. The van der Waals surface area contributed by atoms with Crippen molar-refractivity contribution in [2.45, 2.75) is 59.4 Å². The monoisotopic (exact) mass is 439 g/mol. The summed E-state index contributed by atoms with van der Waals surface area (Å²) in [6.07, 6.45) is 2.08. The molecule has 0 saturated heterocycles. The van der Waals surface area contributed by atoms with E-state index in [1.54, 1.807) is 13.0 Å². The topological polar surface area (TPSA) is 63.2 Å². The fourth-order valence-corrected chi connectivity index (χ4v) is 3.03. The Morgan fingerprint density at radius 2 is 2.03 bits per heavy atom. The summed E-state index contributed by atoms with van der Waals surface area (Å²) in [5.41, 5.74) is 2.37. The lowest BCUT2D eigenvalue weighted by Crippen LogP contribution is -2.40. The molecule has 0 bridgehead atoms. The van der Waals surface area contributed by atoms with Crippen LogP contribution in [0.15, 0.2) is 35.1 Å². The average Bonchev–Trinajstić information content (AvgIpc) is 2.75. The molecule has 0 aliphatic heterocycles. The molecule has 1 rings (SSSR count). The van der Waals surface area contributed by atoms with E-state index in [1.807, 2.05) is 32.0 Å². The minimum atomic E-state index is -2.70. The predicted octanol–water partition coefficient (Wildman–Crippen LogP) is 5.10. The number of benzene rings is 1. The highest BCUT2D eigenvalue weighted by atomic mass is 19.3. The number of nitrogens with one attached hydrogen (secondary N) is 1. The summed E-state index contributed by atoms with van der Waals surface area (Å²) in [4.78, 5) is 16.4. The lowest BCUT2D eigenvalue weighted by atomic mass is 10.1. The number of halogens is 2. The van der Waals surface area contributed by atoms with Gasteiger partial charge >= 0.3 is 0 Å². The largest absolute Gasteiger partial charge is 0.493 e. The Labute approximate surface area is 184 Å². The normalized spacial score (nSPS) is 13.2. The molecule has 174 valence electrons. The number of rotatable bonds is 15. The molecule has 1 unspecified atom stereocenters. The Hall–Kier alpha value is -2.64. The Bertz CT molecular complexity index is 739. The lowest BCUT2D eigenvalue weighted by molar-refractivity contribution is -0.131. The maximum Gasteiger partial charge on any atom is 0.293 e. The first-order valence-corrected chi connectivity index (χ1v) is 10.7. The van der Waals surface area contributed by atoms with Crippen molar-refractivity contribution in [1.29, 1.82) is 0 Å². The SMILES string of the molecule is C/C=C(\N=C(C)c1ccc(NCC)cc1OCCCCC)N(C)C(COC=O)C(F)F. The summed E-state index contributed by atoms with van der Waals surface area (Å²) in [5.74, 6) is 1.05. The molecule has 6 nitrogen and oxygen atoms in total. The van der Waals surface area contributed by atoms with E-state index in [9.17, 15) is 13.6 Å². The highest BCUT2D eigenvalue weighted by Crippen LogP contribution is 2.26. The van der Waals surface area contributed by atoms with E-state index < -0.39 is 19.1 Å². The number of hydrogen-bond donors (Lipinski definition) is 1. The van der Waals surface area contributed by atoms with Crippen LogP contribution in [0.3, 0.4) is 0 Å². The summed E-state index contributed by atoms with van der Waals surface area (Å²) < 4.78 is 37.6. The molecular weight excluding hydrogens is 404 g/mol. The molecule has 31 heavy (non-hydrogen) atoms. The zero-order valence-corrected chi connectivity index (χ0v) is 19.2. The number of alkyl halides is 2.